The van der Waals surface area contributed by atoms with Crippen molar-refractivity contribution in [1.29, 1.82) is 0 Å². The second kappa shape index (κ2) is 6.02. The molecule has 2 rings (SSSR count). The Morgan fingerprint density at radius 2 is 1.83 bits per heavy atom. The topological polar surface area (TPSA) is 89.2 Å². The summed E-state index contributed by atoms with van der Waals surface area (Å²) >= 11 is 0. The molecule has 0 saturated carbocycles. The number of ether oxygens (including phenoxy) is 1. The monoisotopic (exact) mass is 247 g/mol. The molecule has 1 fully saturated rings. The lowest BCUT2D eigenvalue weighted by molar-refractivity contribution is 0.122. The van der Waals surface area contributed by atoms with E-state index < -0.39 is 0 Å². The Bertz CT molecular complexity index is 430. The smallest absolute Gasteiger partial charge is 0.211 e. The van der Waals surface area contributed by atoms with Crippen LogP contribution < -0.4 is 16.4 Å². The molecule has 0 bridgehead atoms. The van der Waals surface area contributed by atoms with Crippen LogP contribution in [0.15, 0.2) is 34.5 Å². The van der Waals surface area contributed by atoms with Gasteiger partial charge in [0, 0.05) is 18.8 Å². The van der Waals surface area contributed by atoms with E-state index in [1.807, 2.05) is 12.1 Å². The Balaban J connectivity index is 2.00. The van der Waals surface area contributed by atoms with E-state index >= 15 is 0 Å². The van der Waals surface area contributed by atoms with E-state index in [2.05, 4.69) is 27.2 Å². The van der Waals surface area contributed by atoms with Crippen LogP contribution in [0.25, 0.3) is 0 Å². The molecule has 0 atom stereocenters. The van der Waals surface area contributed by atoms with Gasteiger partial charge in [-0.25, -0.2) is 0 Å². The number of nitrogens with zero attached hydrogens (tertiary/aromatic N) is 3. The van der Waals surface area contributed by atoms with Gasteiger partial charge in [-0.05, 0) is 17.7 Å². The van der Waals surface area contributed by atoms with E-state index in [9.17, 15) is 0 Å². The Morgan fingerprint density at radius 1 is 1.17 bits per heavy atom. The highest BCUT2D eigenvalue weighted by Gasteiger charge is 2.10. The first-order valence-electron chi connectivity index (χ1n) is 5.80. The summed E-state index contributed by atoms with van der Waals surface area (Å²) in [7, 11) is 0. The predicted molar refractivity (Wildman–Crippen MR) is 72.9 cm³/mol. The molecule has 96 valence electrons. The first kappa shape index (κ1) is 12.4. The third-order valence-electron chi connectivity index (χ3n) is 2.65. The minimum absolute atomic E-state index is 0.0452. The normalized spacial score (nSPS) is 15.9. The van der Waals surface area contributed by atoms with Gasteiger partial charge in [-0.15, -0.1) is 5.10 Å². The lowest BCUT2D eigenvalue weighted by Crippen LogP contribution is -2.36. The zero-order chi connectivity index (χ0) is 12.8. The number of nitrogens with two attached hydrogens (primary N) is 2. The standard InChI is InChI=1S/C12H17N5O/c13-12(14)16-15-9-10-1-3-11(4-2-10)17-5-7-18-8-6-17/h1-4,9H,5-8H2,(H4,13,14,16)/b15-9-. The highest BCUT2D eigenvalue weighted by Crippen LogP contribution is 2.15. The average Bonchev–Trinajstić information content (AvgIpc) is 2.40. The summed E-state index contributed by atoms with van der Waals surface area (Å²) in [5.74, 6) is -0.0452. The van der Waals surface area contributed by atoms with Gasteiger partial charge in [0.2, 0.25) is 5.96 Å². The molecule has 4 N–H and O–H groups in total. The number of morpholine rings is 1. The van der Waals surface area contributed by atoms with Gasteiger partial charge in [0.15, 0.2) is 0 Å². The molecule has 0 radical (unpaired) electrons. The molecule has 1 aliphatic rings. The number of hydrogen-bond acceptors (Lipinski definition) is 4. The second-order valence-corrected chi connectivity index (χ2v) is 3.96. The number of benzene rings is 1. The highest BCUT2D eigenvalue weighted by molar-refractivity contribution is 5.82. The number of guanidine groups is 1. The molecule has 0 amide bonds. The molecule has 18 heavy (non-hydrogen) atoms. The second-order valence-electron chi connectivity index (χ2n) is 3.96. The van der Waals surface area contributed by atoms with Crippen molar-refractivity contribution in [2.45, 2.75) is 0 Å². The Kier molecular flexibility index (Phi) is 4.14. The first-order chi connectivity index (χ1) is 8.75. The van der Waals surface area contributed by atoms with Gasteiger partial charge in [-0.2, -0.15) is 5.10 Å². The zero-order valence-corrected chi connectivity index (χ0v) is 10.1. The van der Waals surface area contributed by atoms with Crippen molar-refractivity contribution in [3.05, 3.63) is 29.8 Å². The molecule has 1 heterocycles. The molecule has 1 aliphatic heterocycles. The molecule has 6 heteroatoms. The van der Waals surface area contributed by atoms with Crippen LogP contribution in [0.2, 0.25) is 0 Å². The Labute approximate surface area is 106 Å². The van der Waals surface area contributed by atoms with Gasteiger partial charge in [-0.1, -0.05) is 12.1 Å². The van der Waals surface area contributed by atoms with Gasteiger partial charge in [0.1, 0.15) is 0 Å². The summed E-state index contributed by atoms with van der Waals surface area (Å²) in [6.07, 6.45) is 1.61. The van der Waals surface area contributed by atoms with E-state index in [0.29, 0.717) is 0 Å². The maximum atomic E-state index is 5.32. The fraction of sp³-hybridized carbons (Fsp3) is 0.333. The fourth-order valence-corrected chi connectivity index (χ4v) is 1.75. The molecule has 1 aromatic rings. The summed E-state index contributed by atoms with van der Waals surface area (Å²) in [6, 6.07) is 8.08. The molecule has 6 nitrogen and oxygen atoms in total. The summed E-state index contributed by atoms with van der Waals surface area (Å²) in [6.45, 7) is 3.43. The van der Waals surface area contributed by atoms with Crippen LogP contribution in [-0.4, -0.2) is 38.5 Å². The van der Waals surface area contributed by atoms with Crippen LogP contribution >= 0.6 is 0 Å². The summed E-state index contributed by atoms with van der Waals surface area (Å²) in [4.78, 5) is 2.29. The largest absolute Gasteiger partial charge is 0.378 e. The summed E-state index contributed by atoms with van der Waals surface area (Å²) in [5.41, 5.74) is 12.5. The number of rotatable bonds is 3. The zero-order valence-electron chi connectivity index (χ0n) is 10.1. The third-order valence-corrected chi connectivity index (χ3v) is 2.65. The van der Waals surface area contributed by atoms with Crippen LogP contribution in [0.5, 0.6) is 0 Å². The van der Waals surface area contributed by atoms with Crippen molar-refractivity contribution in [3.8, 4) is 0 Å². The van der Waals surface area contributed by atoms with Crippen molar-refractivity contribution in [2.75, 3.05) is 31.2 Å². The molecule has 1 saturated heterocycles. The maximum absolute atomic E-state index is 5.32. The van der Waals surface area contributed by atoms with Crippen LogP contribution in [0.1, 0.15) is 5.56 Å². The van der Waals surface area contributed by atoms with Crippen molar-refractivity contribution in [2.24, 2.45) is 21.7 Å². The van der Waals surface area contributed by atoms with Gasteiger partial charge < -0.3 is 21.1 Å². The van der Waals surface area contributed by atoms with Gasteiger partial charge in [0.05, 0.1) is 19.4 Å². The summed E-state index contributed by atoms with van der Waals surface area (Å²) < 4.78 is 5.32. The van der Waals surface area contributed by atoms with E-state index in [1.54, 1.807) is 6.21 Å². The number of hydrogen-bond donors (Lipinski definition) is 2. The molecule has 0 aliphatic carbocycles. The Morgan fingerprint density at radius 3 is 2.44 bits per heavy atom. The third kappa shape index (κ3) is 3.46. The minimum Gasteiger partial charge on any atom is -0.378 e. The van der Waals surface area contributed by atoms with Crippen molar-refractivity contribution in [1.82, 2.24) is 0 Å². The van der Waals surface area contributed by atoms with Gasteiger partial charge >= 0.3 is 0 Å². The van der Waals surface area contributed by atoms with Crippen LogP contribution in [0, 0.1) is 0 Å². The predicted octanol–water partition coefficient (Wildman–Crippen LogP) is 0.131. The first-order valence-corrected chi connectivity index (χ1v) is 5.80. The quantitative estimate of drug-likeness (QED) is 0.451. The molecule has 0 spiro atoms. The molecular weight excluding hydrogens is 230 g/mol. The molecule has 1 aromatic carbocycles. The van der Waals surface area contributed by atoms with Gasteiger partial charge in [-0.3, -0.25) is 0 Å². The molecule has 0 unspecified atom stereocenters. The van der Waals surface area contributed by atoms with E-state index in [4.69, 9.17) is 16.2 Å². The average molecular weight is 247 g/mol. The van der Waals surface area contributed by atoms with Crippen LogP contribution in [-0.2, 0) is 4.74 Å². The fourth-order valence-electron chi connectivity index (χ4n) is 1.75. The minimum atomic E-state index is -0.0452. The lowest BCUT2D eigenvalue weighted by atomic mass is 10.2. The van der Waals surface area contributed by atoms with Crippen molar-refractivity contribution in [3.63, 3.8) is 0 Å². The maximum Gasteiger partial charge on any atom is 0.211 e. The van der Waals surface area contributed by atoms with E-state index in [1.165, 1.54) is 5.69 Å². The Hall–Kier alpha value is -2.08. The van der Waals surface area contributed by atoms with Crippen molar-refractivity contribution < 1.29 is 4.74 Å². The van der Waals surface area contributed by atoms with Gasteiger partial charge in [0.25, 0.3) is 0 Å². The highest BCUT2D eigenvalue weighted by atomic mass is 16.5. The lowest BCUT2D eigenvalue weighted by Gasteiger charge is -2.28. The summed E-state index contributed by atoms with van der Waals surface area (Å²) in [5, 5.41) is 7.31. The van der Waals surface area contributed by atoms with E-state index in [-0.39, 0.29) is 5.96 Å². The molecule has 0 aromatic heterocycles. The number of anilines is 1. The van der Waals surface area contributed by atoms with Crippen LogP contribution in [0.3, 0.4) is 0 Å². The van der Waals surface area contributed by atoms with E-state index in [0.717, 1.165) is 31.9 Å². The van der Waals surface area contributed by atoms with Crippen molar-refractivity contribution >= 4 is 17.9 Å². The SMILES string of the molecule is NC(N)=N/N=C\c1ccc(N2CCOCC2)cc1. The molecular formula is C12H17N5O. The van der Waals surface area contributed by atoms with Crippen LogP contribution in [0.4, 0.5) is 5.69 Å².